The van der Waals surface area contributed by atoms with E-state index in [1.165, 1.54) is 0 Å². The Kier molecular flexibility index (Phi) is 5.01. The van der Waals surface area contributed by atoms with E-state index in [9.17, 15) is 9.59 Å². The van der Waals surface area contributed by atoms with Crippen LogP contribution >= 0.6 is 23.4 Å². The molecule has 2 aromatic carbocycles. The van der Waals surface area contributed by atoms with Crippen LogP contribution in [-0.4, -0.2) is 25.4 Å². The average Bonchev–Trinajstić information content (AvgIpc) is 2.89. The van der Waals surface area contributed by atoms with E-state index in [0.29, 0.717) is 32.7 Å². The van der Waals surface area contributed by atoms with Crippen LogP contribution in [0.3, 0.4) is 0 Å². The van der Waals surface area contributed by atoms with Gasteiger partial charge in [0, 0.05) is 11.1 Å². The van der Waals surface area contributed by atoms with E-state index in [4.69, 9.17) is 21.1 Å². The predicted octanol–water partition coefficient (Wildman–Crippen LogP) is 4.60. The highest BCUT2D eigenvalue weighted by atomic mass is 35.5. The number of amides is 2. The van der Waals surface area contributed by atoms with Gasteiger partial charge in [-0.25, -0.2) is 4.90 Å². The van der Waals surface area contributed by atoms with Crippen LogP contribution in [0.25, 0.3) is 6.08 Å². The Balaban J connectivity index is 1.94. The van der Waals surface area contributed by atoms with Crippen LogP contribution in [0.2, 0.25) is 5.02 Å². The Bertz CT molecular complexity index is 842. The zero-order valence-corrected chi connectivity index (χ0v) is 15.1. The highest BCUT2D eigenvalue weighted by Gasteiger charge is 2.36. The molecule has 2 aromatic rings. The van der Waals surface area contributed by atoms with Gasteiger partial charge in [0.15, 0.2) is 0 Å². The first kappa shape index (κ1) is 17.4. The van der Waals surface area contributed by atoms with Crippen molar-refractivity contribution < 1.29 is 19.1 Å². The molecule has 0 aromatic heterocycles. The Hall–Kier alpha value is -2.44. The summed E-state index contributed by atoms with van der Waals surface area (Å²) in [5, 5.41) is 0.183. The lowest BCUT2D eigenvalue weighted by molar-refractivity contribution is -0.113. The van der Waals surface area contributed by atoms with Crippen molar-refractivity contribution in [3.63, 3.8) is 0 Å². The van der Waals surface area contributed by atoms with Crippen LogP contribution in [0.1, 0.15) is 5.56 Å². The van der Waals surface area contributed by atoms with Crippen molar-refractivity contribution >= 4 is 46.3 Å². The van der Waals surface area contributed by atoms with Crippen LogP contribution in [0.5, 0.6) is 11.5 Å². The fourth-order valence-electron chi connectivity index (χ4n) is 2.34. The van der Waals surface area contributed by atoms with Gasteiger partial charge in [0.2, 0.25) is 0 Å². The number of rotatable bonds is 4. The van der Waals surface area contributed by atoms with Gasteiger partial charge in [-0.2, -0.15) is 0 Å². The van der Waals surface area contributed by atoms with E-state index in [1.807, 2.05) is 0 Å². The summed E-state index contributed by atoms with van der Waals surface area (Å²) in [7, 11) is 3.10. The Labute approximate surface area is 154 Å². The van der Waals surface area contributed by atoms with Crippen molar-refractivity contribution in [1.29, 1.82) is 0 Å². The molecule has 0 radical (unpaired) electrons. The molecule has 0 bridgehead atoms. The minimum Gasteiger partial charge on any atom is -0.497 e. The number of ether oxygens (including phenoxy) is 2. The molecule has 0 unspecified atom stereocenters. The van der Waals surface area contributed by atoms with Crippen molar-refractivity contribution in [2.75, 3.05) is 19.1 Å². The topological polar surface area (TPSA) is 55.8 Å². The van der Waals surface area contributed by atoms with Gasteiger partial charge in [0.1, 0.15) is 11.5 Å². The zero-order chi connectivity index (χ0) is 18.0. The van der Waals surface area contributed by atoms with Gasteiger partial charge in [0.25, 0.3) is 11.1 Å². The normalized spacial score (nSPS) is 15.8. The molecule has 25 heavy (non-hydrogen) atoms. The van der Waals surface area contributed by atoms with Crippen molar-refractivity contribution in [2.24, 2.45) is 0 Å². The number of anilines is 1. The number of benzene rings is 2. The molecule has 3 rings (SSSR count). The summed E-state index contributed by atoms with van der Waals surface area (Å²) in [6.07, 6.45) is 1.64. The SMILES string of the molecule is COc1cc(/C=C2\SC(=O)N(c3ccc(Cl)cc3)C2=O)cc(OC)c1. The van der Waals surface area contributed by atoms with Crippen molar-refractivity contribution in [2.45, 2.75) is 0 Å². The highest BCUT2D eigenvalue weighted by Crippen LogP contribution is 2.36. The highest BCUT2D eigenvalue weighted by molar-refractivity contribution is 8.19. The van der Waals surface area contributed by atoms with E-state index in [1.54, 1.807) is 62.8 Å². The molecule has 0 aliphatic carbocycles. The number of thioether (sulfide) groups is 1. The molecular weight excluding hydrogens is 362 g/mol. The number of carbonyl (C=O) groups is 2. The number of hydrogen-bond donors (Lipinski definition) is 0. The average molecular weight is 376 g/mol. The van der Waals surface area contributed by atoms with E-state index < -0.39 is 0 Å². The van der Waals surface area contributed by atoms with E-state index in [0.717, 1.165) is 16.7 Å². The lowest BCUT2D eigenvalue weighted by Gasteiger charge is -2.12. The first-order valence-corrected chi connectivity index (χ1v) is 8.48. The van der Waals surface area contributed by atoms with Crippen molar-refractivity contribution in [3.8, 4) is 11.5 Å². The fourth-order valence-corrected chi connectivity index (χ4v) is 3.31. The van der Waals surface area contributed by atoms with E-state index >= 15 is 0 Å². The minimum atomic E-state index is -0.376. The van der Waals surface area contributed by atoms with Gasteiger partial charge in [-0.05, 0) is 59.8 Å². The summed E-state index contributed by atoms with van der Waals surface area (Å²) >= 11 is 6.74. The molecule has 0 N–H and O–H groups in total. The van der Waals surface area contributed by atoms with Gasteiger partial charge in [-0.15, -0.1) is 0 Å². The van der Waals surface area contributed by atoms with E-state index in [-0.39, 0.29) is 11.1 Å². The maximum absolute atomic E-state index is 12.6. The van der Waals surface area contributed by atoms with Crippen molar-refractivity contribution in [3.05, 3.63) is 58.0 Å². The third-order valence-corrected chi connectivity index (χ3v) is 4.67. The van der Waals surface area contributed by atoms with Gasteiger partial charge in [-0.3, -0.25) is 9.59 Å². The quantitative estimate of drug-likeness (QED) is 0.731. The molecule has 1 saturated heterocycles. The number of methoxy groups -OCH3 is 2. The monoisotopic (exact) mass is 375 g/mol. The number of carbonyl (C=O) groups excluding carboxylic acids is 2. The Morgan fingerprint density at radius 2 is 1.60 bits per heavy atom. The molecule has 1 aliphatic rings. The third-order valence-electron chi connectivity index (χ3n) is 3.55. The summed E-state index contributed by atoms with van der Waals surface area (Å²) in [6.45, 7) is 0. The summed E-state index contributed by atoms with van der Waals surface area (Å²) in [5.74, 6) is 0.823. The minimum absolute atomic E-state index is 0.329. The smallest absolute Gasteiger partial charge is 0.298 e. The first-order valence-electron chi connectivity index (χ1n) is 7.28. The summed E-state index contributed by atoms with van der Waals surface area (Å²) in [4.78, 5) is 26.4. The lowest BCUT2D eigenvalue weighted by Crippen LogP contribution is -2.27. The molecule has 128 valence electrons. The van der Waals surface area contributed by atoms with Gasteiger partial charge in [-0.1, -0.05) is 11.6 Å². The predicted molar refractivity (Wildman–Crippen MR) is 99.4 cm³/mol. The number of nitrogens with zero attached hydrogens (tertiary/aromatic N) is 1. The van der Waals surface area contributed by atoms with Crippen molar-refractivity contribution in [1.82, 2.24) is 0 Å². The number of hydrogen-bond acceptors (Lipinski definition) is 5. The van der Waals surface area contributed by atoms with Gasteiger partial charge < -0.3 is 9.47 Å². The van der Waals surface area contributed by atoms with Crippen LogP contribution in [0.4, 0.5) is 10.5 Å². The van der Waals surface area contributed by atoms with Crippen LogP contribution in [-0.2, 0) is 4.79 Å². The fraction of sp³-hybridized carbons (Fsp3) is 0.111. The second-order valence-electron chi connectivity index (χ2n) is 5.14. The van der Waals surface area contributed by atoms with E-state index in [2.05, 4.69) is 0 Å². The Morgan fingerprint density at radius 1 is 1.00 bits per heavy atom. The molecule has 7 heteroatoms. The lowest BCUT2D eigenvalue weighted by atomic mass is 10.1. The number of imide groups is 1. The molecule has 2 amide bonds. The molecule has 0 atom stereocenters. The Morgan fingerprint density at radius 3 is 2.16 bits per heavy atom. The second kappa shape index (κ2) is 7.21. The van der Waals surface area contributed by atoms with Crippen LogP contribution in [0, 0.1) is 0 Å². The number of halogens is 1. The zero-order valence-electron chi connectivity index (χ0n) is 13.5. The molecule has 1 aliphatic heterocycles. The van der Waals surface area contributed by atoms with Crippen LogP contribution < -0.4 is 14.4 Å². The van der Waals surface area contributed by atoms with Gasteiger partial charge >= 0.3 is 0 Å². The molecule has 1 fully saturated rings. The molecule has 5 nitrogen and oxygen atoms in total. The maximum atomic E-state index is 12.6. The summed E-state index contributed by atoms with van der Waals surface area (Å²) in [6, 6.07) is 11.8. The van der Waals surface area contributed by atoms with Crippen LogP contribution in [0.15, 0.2) is 47.4 Å². The second-order valence-corrected chi connectivity index (χ2v) is 6.57. The first-order chi connectivity index (χ1) is 12.0. The summed E-state index contributed by atoms with van der Waals surface area (Å²) < 4.78 is 10.4. The molecular formula is C18H14ClNO4S. The molecule has 0 saturated carbocycles. The molecule has 0 spiro atoms. The largest absolute Gasteiger partial charge is 0.497 e. The maximum Gasteiger partial charge on any atom is 0.298 e. The van der Waals surface area contributed by atoms with Gasteiger partial charge in [0.05, 0.1) is 24.8 Å². The standard InChI is InChI=1S/C18H14ClNO4S/c1-23-14-7-11(8-15(10-14)24-2)9-16-17(21)20(18(22)25-16)13-5-3-12(19)4-6-13/h3-10H,1-2H3/b16-9-. The molecule has 1 heterocycles. The third kappa shape index (κ3) is 3.65. The summed E-state index contributed by atoms with van der Waals surface area (Å²) in [5.41, 5.74) is 1.19.